The topological polar surface area (TPSA) is 87.1 Å². The van der Waals surface area contributed by atoms with Crippen LogP contribution in [-0.2, 0) is 9.59 Å². The molecule has 7 heteroatoms. The number of hydrogen-bond donors (Lipinski definition) is 2. The maximum Gasteiger partial charge on any atom is 0.371 e. The lowest BCUT2D eigenvalue weighted by Crippen LogP contribution is -2.30. The van der Waals surface area contributed by atoms with Crippen LogP contribution in [0, 0.1) is 0 Å². The summed E-state index contributed by atoms with van der Waals surface area (Å²) in [6, 6.07) is 6.75. The van der Waals surface area contributed by atoms with Crippen LogP contribution in [0.25, 0.3) is 0 Å². The first-order chi connectivity index (χ1) is 9.40. The van der Waals surface area contributed by atoms with Gasteiger partial charge in [-0.3, -0.25) is 4.79 Å². The van der Waals surface area contributed by atoms with Crippen molar-refractivity contribution in [2.75, 3.05) is 20.2 Å². The molecule has 1 amide bonds. The summed E-state index contributed by atoms with van der Waals surface area (Å²) >= 11 is 5.73. The third-order valence-electron chi connectivity index (χ3n) is 2.36. The molecule has 0 unspecified atom stereocenters. The Kier molecular flexibility index (Phi) is 5.86. The summed E-state index contributed by atoms with van der Waals surface area (Å²) in [4.78, 5) is 23.1. The number of benzene rings is 1. The molecule has 0 atom stereocenters. The molecule has 0 saturated heterocycles. The van der Waals surface area contributed by atoms with Crippen LogP contribution in [0.3, 0.4) is 0 Å². The second kappa shape index (κ2) is 7.40. The first-order valence-corrected chi connectivity index (χ1v) is 6.05. The number of carbonyl (C=O) groups excluding carboxylic acids is 1. The van der Waals surface area contributed by atoms with Gasteiger partial charge in [-0.25, -0.2) is 4.79 Å². The Hall–Kier alpha value is -2.21. The highest BCUT2D eigenvalue weighted by Gasteiger charge is 2.11. The molecule has 0 radical (unpaired) electrons. The molecule has 0 fully saturated rings. The number of aliphatic hydroxyl groups excluding tert-OH is 1. The predicted octanol–water partition coefficient (Wildman–Crippen LogP) is 1.70. The molecule has 1 rings (SSSR count). The minimum absolute atomic E-state index is 0.228. The zero-order valence-corrected chi connectivity index (χ0v) is 11.5. The van der Waals surface area contributed by atoms with E-state index < -0.39 is 17.6 Å². The van der Waals surface area contributed by atoms with E-state index in [1.165, 1.54) is 11.9 Å². The monoisotopic (exact) mass is 299 g/mol. The normalized spacial score (nSPS) is 11.0. The molecule has 0 bridgehead atoms. The molecular weight excluding hydrogens is 286 g/mol. The molecule has 1 aromatic rings. The van der Waals surface area contributed by atoms with Crippen LogP contribution in [0.2, 0.25) is 5.02 Å². The van der Waals surface area contributed by atoms with Gasteiger partial charge in [0.2, 0.25) is 11.7 Å². The Morgan fingerprint density at radius 2 is 1.90 bits per heavy atom. The van der Waals surface area contributed by atoms with Crippen molar-refractivity contribution in [3.63, 3.8) is 0 Å². The maximum absolute atomic E-state index is 11.5. The quantitative estimate of drug-likeness (QED) is 0.617. The van der Waals surface area contributed by atoms with E-state index >= 15 is 0 Å². The number of aliphatic carboxylic acids is 1. The highest BCUT2D eigenvalue weighted by atomic mass is 35.5. The van der Waals surface area contributed by atoms with Crippen molar-refractivity contribution in [2.24, 2.45) is 0 Å². The Balaban J connectivity index is 2.41. The summed E-state index contributed by atoms with van der Waals surface area (Å²) in [6.45, 7) is 0.469. The van der Waals surface area contributed by atoms with E-state index in [2.05, 4.69) is 0 Å². The maximum atomic E-state index is 11.5. The zero-order valence-electron chi connectivity index (χ0n) is 10.7. The fourth-order valence-corrected chi connectivity index (χ4v) is 1.36. The van der Waals surface area contributed by atoms with Gasteiger partial charge in [0.1, 0.15) is 12.4 Å². The Morgan fingerprint density at radius 1 is 1.30 bits per heavy atom. The van der Waals surface area contributed by atoms with Gasteiger partial charge in [0.25, 0.3) is 0 Å². The fraction of sp³-hybridized carbons (Fsp3) is 0.231. The van der Waals surface area contributed by atoms with Gasteiger partial charge in [-0.1, -0.05) is 11.6 Å². The molecule has 2 N–H and O–H groups in total. The Morgan fingerprint density at radius 3 is 2.45 bits per heavy atom. The lowest BCUT2D eigenvalue weighted by molar-refractivity contribution is -0.136. The van der Waals surface area contributed by atoms with Gasteiger partial charge in [-0.2, -0.15) is 0 Å². The van der Waals surface area contributed by atoms with E-state index in [0.29, 0.717) is 16.8 Å². The smallest absolute Gasteiger partial charge is 0.371 e. The van der Waals surface area contributed by atoms with Crippen molar-refractivity contribution in [3.8, 4) is 5.75 Å². The van der Waals surface area contributed by atoms with E-state index in [4.69, 9.17) is 26.6 Å². The standard InChI is InChI=1S/C13H14ClNO5/c1-15(12(17)8-11(16)13(18)19)6-7-20-10-4-2-9(14)3-5-10/h2-5,8,16H,6-7H2,1H3,(H,18,19)/b11-8-. The SMILES string of the molecule is CN(CCOc1ccc(Cl)cc1)C(=O)/C=C(\O)C(=O)O. The van der Waals surface area contributed by atoms with Gasteiger partial charge >= 0.3 is 5.97 Å². The number of carboxylic acids is 1. The van der Waals surface area contributed by atoms with Crippen LogP contribution in [0.15, 0.2) is 36.1 Å². The summed E-state index contributed by atoms with van der Waals surface area (Å²) in [5.74, 6) is -2.56. The largest absolute Gasteiger partial charge is 0.502 e. The number of hydrogen-bond acceptors (Lipinski definition) is 4. The van der Waals surface area contributed by atoms with E-state index in [0.717, 1.165) is 0 Å². The number of aliphatic hydroxyl groups is 1. The summed E-state index contributed by atoms with van der Waals surface area (Å²) in [7, 11) is 1.47. The van der Waals surface area contributed by atoms with Crippen LogP contribution < -0.4 is 4.74 Å². The molecule has 6 nitrogen and oxygen atoms in total. The number of carboxylic acid groups (broad SMARTS) is 1. The minimum Gasteiger partial charge on any atom is -0.502 e. The Labute approximate surface area is 120 Å². The van der Waals surface area contributed by atoms with Crippen molar-refractivity contribution >= 4 is 23.5 Å². The summed E-state index contributed by atoms with van der Waals surface area (Å²) in [5.41, 5.74) is 0. The number of halogens is 1. The average Bonchev–Trinajstić information content (AvgIpc) is 2.40. The number of nitrogens with zero attached hydrogens (tertiary/aromatic N) is 1. The fourth-order valence-electron chi connectivity index (χ4n) is 1.23. The summed E-state index contributed by atoms with van der Waals surface area (Å²) < 4.78 is 5.38. The van der Waals surface area contributed by atoms with E-state index in [1.807, 2.05) is 0 Å². The Bertz CT molecular complexity index is 512. The van der Waals surface area contributed by atoms with Crippen LogP contribution in [0.1, 0.15) is 0 Å². The number of ether oxygens (including phenoxy) is 1. The number of likely N-dealkylation sites (N-methyl/N-ethyl adjacent to an activating group) is 1. The average molecular weight is 300 g/mol. The molecular formula is C13H14ClNO5. The van der Waals surface area contributed by atoms with E-state index in [1.54, 1.807) is 24.3 Å². The molecule has 1 aromatic carbocycles. The van der Waals surface area contributed by atoms with Crippen LogP contribution in [-0.4, -0.2) is 47.2 Å². The van der Waals surface area contributed by atoms with Gasteiger partial charge in [-0.05, 0) is 24.3 Å². The first-order valence-electron chi connectivity index (χ1n) is 5.67. The van der Waals surface area contributed by atoms with Crippen molar-refractivity contribution in [3.05, 3.63) is 41.1 Å². The van der Waals surface area contributed by atoms with Crippen molar-refractivity contribution in [1.82, 2.24) is 4.90 Å². The number of amides is 1. The molecule has 108 valence electrons. The van der Waals surface area contributed by atoms with E-state index in [-0.39, 0.29) is 13.2 Å². The van der Waals surface area contributed by atoms with Gasteiger partial charge < -0.3 is 19.8 Å². The van der Waals surface area contributed by atoms with Crippen LogP contribution >= 0.6 is 11.6 Å². The lowest BCUT2D eigenvalue weighted by atomic mass is 10.3. The second-order valence-corrected chi connectivity index (χ2v) is 4.33. The van der Waals surface area contributed by atoms with Gasteiger partial charge in [0, 0.05) is 12.1 Å². The van der Waals surface area contributed by atoms with Gasteiger partial charge in [0.05, 0.1) is 12.6 Å². The van der Waals surface area contributed by atoms with Crippen molar-refractivity contribution in [2.45, 2.75) is 0 Å². The highest BCUT2D eigenvalue weighted by Crippen LogP contribution is 2.15. The molecule has 0 heterocycles. The van der Waals surface area contributed by atoms with Crippen molar-refractivity contribution in [1.29, 1.82) is 0 Å². The molecule has 0 aromatic heterocycles. The van der Waals surface area contributed by atoms with Gasteiger partial charge in [-0.15, -0.1) is 0 Å². The number of carbonyl (C=O) groups is 2. The highest BCUT2D eigenvalue weighted by molar-refractivity contribution is 6.30. The van der Waals surface area contributed by atoms with E-state index in [9.17, 15) is 9.59 Å². The predicted molar refractivity (Wildman–Crippen MR) is 72.9 cm³/mol. The molecule has 0 aliphatic rings. The first kappa shape index (κ1) is 15.8. The third kappa shape index (κ3) is 5.19. The molecule has 0 spiro atoms. The van der Waals surface area contributed by atoms with Crippen LogP contribution in [0.5, 0.6) is 5.75 Å². The van der Waals surface area contributed by atoms with Crippen LogP contribution in [0.4, 0.5) is 0 Å². The lowest BCUT2D eigenvalue weighted by Gasteiger charge is -2.15. The minimum atomic E-state index is -1.55. The van der Waals surface area contributed by atoms with Gasteiger partial charge in [0.15, 0.2) is 0 Å². The molecule has 0 saturated carbocycles. The summed E-state index contributed by atoms with van der Waals surface area (Å²) in [5, 5.41) is 18.0. The number of rotatable bonds is 6. The summed E-state index contributed by atoms with van der Waals surface area (Å²) in [6.07, 6.45) is 0.643. The zero-order chi connectivity index (χ0) is 15.1. The second-order valence-electron chi connectivity index (χ2n) is 3.90. The van der Waals surface area contributed by atoms with Crippen molar-refractivity contribution < 1.29 is 24.5 Å². The molecule has 20 heavy (non-hydrogen) atoms. The molecule has 0 aliphatic carbocycles. The molecule has 0 aliphatic heterocycles. The third-order valence-corrected chi connectivity index (χ3v) is 2.62.